The van der Waals surface area contributed by atoms with E-state index >= 15 is 0 Å². The third-order valence-corrected chi connectivity index (χ3v) is 2.46. The highest BCUT2D eigenvalue weighted by Crippen LogP contribution is 2.15. The number of rotatable bonds is 4. The lowest BCUT2D eigenvalue weighted by Gasteiger charge is -2.17. The van der Waals surface area contributed by atoms with Crippen molar-refractivity contribution in [1.29, 1.82) is 0 Å². The maximum atomic E-state index is 11.6. The van der Waals surface area contributed by atoms with Gasteiger partial charge in [0.15, 0.2) is 0 Å². The zero-order chi connectivity index (χ0) is 14.5. The summed E-state index contributed by atoms with van der Waals surface area (Å²) in [6.45, 7) is 5.35. The number of amides is 2. The molecule has 2 N–H and O–H groups in total. The van der Waals surface area contributed by atoms with Crippen LogP contribution >= 0.6 is 0 Å². The lowest BCUT2D eigenvalue weighted by atomic mass is 9.96. The van der Waals surface area contributed by atoms with Gasteiger partial charge < -0.3 is 15.4 Å². The number of carbonyl (C=O) groups excluding carboxylic acids is 2. The third-order valence-electron chi connectivity index (χ3n) is 2.46. The van der Waals surface area contributed by atoms with Crippen molar-refractivity contribution >= 4 is 17.5 Å². The summed E-state index contributed by atoms with van der Waals surface area (Å²) in [4.78, 5) is 23.2. The van der Waals surface area contributed by atoms with Crippen LogP contribution in [0, 0.1) is 5.41 Å². The predicted octanol–water partition coefficient (Wildman–Crippen LogP) is 1.80. The number of nitrogens with one attached hydrogen (secondary N) is 2. The molecule has 5 heteroatoms. The van der Waals surface area contributed by atoms with Gasteiger partial charge in [-0.25, -0.2) is 0 Å². The number of ether oxygens (including phenoxy) is 1. The molecule has 0 aliphatic rings. The summed E-state index contributed by atoms with van der Waals surface area (Å²) < 4.78 is 5.02. The Hall–Kier alpha value is -2.04. The second kappa shape index (κ2) is 6.22. The van der Waals surface area contributed by atoms with Gasteiger partial charge in [-0.2, -0.15) is 0 Å². The van der Waals surface area contributed by atoms with Gasteiger partial charge in [0.1, 0.15) is 5.75 Å². The van der Waals surface area contributed by atoms with Gasteiger partial charge in [0, 0.05) is 11.1 Å². The third kappa shape index (κ3) is 4.99. The molecule has 104 valence electrons. The van der Waals surface area contributed by atoms with E-state index in [9.17, 15) is 9.59 Å². The van der Waals surface area contributed by atoms with Crippen molar-refractivity contribution in [1.82, 2.24) is 5.32 Å². The zero-order valence-corrected chi connectivity index (χ0v) is 11.7. The molecule has 19 heavy (non-hydrogen) atoms. The number of benzene rings is 1. The van der Waals surface area contributed by atoms with Crippen molar-refractivity contribution in [3.63, 3.8) is 0 Å². The first-order chi connectivity index (χ1) is 8.82. The van der Waals surface area contributed by atoms with Crippen molar-refractivity contribution in [3.8, 4) is 5.75 Å². The van der Waals surface area contributed by atoms with Gasteiger partial charge in [-0.1, -0.05) is 20.8 Å². The summed E-state index contributed by atoms with van der Waals surface area (Å²) in [7, 11) is 1.58. The summed E-state index contributed by atoms with van der Waals surface area (Å²) >= 11 is 0. The molecule has 0 saturated carbocycles. The molecule has 1 aromatic rings. The zero-order valence-electron chi connectivity index (χ0n) is 11.7. The first-order valence-electron chi connectivity index (χ1n) is 6.05. The molecule has 0 radical (unpaired) electrons. The van der Waals surface area contributed by atoms with Crippen molar-refractivity contribution < 1.29 is 14.3 Å². The first kappa shape index (κ1) is 15.0. The number of hydrogen-bond acceptors (Lipinski definition) is 3. The number of anilines is 1. The summed E-state index contributed by atoms with van der Waals surface area (Å²) in [6.07, 6.45) is 0. The van der Waals surface area contributed by atoms with Gasteiger partial charge in [-0.3, -0.25) is 9.59 Å². The van der Waals surface area contributed by atoms with Crippen LogP contribution in [-0.4, -0.2) is 25.5 Å². The molecule has 0 heterocycles. The minimum Gasteiger partial charge on any atom is -0.497 e. The molecule has 0 unspecified atom stereocenters. The molecule has 0 bridgehead atoms. The summed E-state index contributed by atoms with van der Waals surface area (Å²) in [6, 6.07) is 6.98. The normalized spacial score (nSPS) is 10.7. The molecule has 0 atom stereocenters. The van der Waals surface area contributed by atoms with Crippen LogP contribution in [-0.2, 0) is 9.59 Å². The Bertz CT molecular complexity index is 447. The molecule has 0 spiro atoms. The van der Waals surface area contributed by atoms with Crippen LogP contribution < -0.4 is 15.4 Å². The van der Waals surface area contributed by atoms with Gasteiger partial charge in [0.2, 0.25) is 11.8 Å². The number of carbonyl (C=O) groups is 2. The van der Waals surface area contributed by atoms with E-state index in [2.05, 4.69) is 10.6 Å². The van der Waals surface area contributed by atoms with Crippen LogP contribution in [0.4, 0.5) is 5.69 Å². The van der Waals surface area contributed by atoms with Gasteiger partial charge >= 0.3 is 0 Å². The molecule has 2 amide bonds. The molecule has 0 aliphatic heterocycles. The van der Waals surface area contributed by atoms with Crippen molar-refractivity contribution in [2.75, 3.05) is 19.0 Å². The Kier molecular flexibility index (Phi) is 4.92. The van der Waals surface area contributed by atoms with Crippen LogP contribution in [0.2, 0.25) is 0 Å². The van der Waals surface area contributed by atoms with Crippen molar-refractivity contribution in [2.24, 2.45) is 5.41 Å². The van der Waals surface area contributed by atoms with E-state index in [1.54, 1.807) is 52.1 Å². The second-order valence-corrected chi connectivity index (χ2v) is 5.21. The minimum absolute atomic E-state index is 0.0396. The van der Waals surface area contributed by atoms with Crippen LogP contribution in [0.15, 0.2) is 24.3 Å². The quantitative estimate of drug-likeness (QED) is 0.871. The minimum atomic E-state index is -0.500. The van der Waals surface area contributed by atoms with Gasteiger partial charge in [-0.15, -0.1) is 0 Å². The second-order valence-electron chi connectivity index (χ2n) is 5.21. The maximum absolute atomic E-state index is 11.6. The fourth-order valence-corrected chi connectivity index (χ4v) is 1.31. The van der Waals surface area contributed by atoms with E-state index in [4.69, 9.17) is 4.74 Å². The highest BCUT2D eigenvalue weighted by Gasteiger charge is 2.21. The predicted molar refractivity (Wildman–Crippen MR) is 74.1 cm³/mol. The first-order valence-corrected chi connectivity index (χ1v) is 6.05. The Morgan fingerprint density at radius 3 is 2.21 bits per heavy atom. The lowest BCUT2D eigenvalue weighted by molar-refractivity contribution is -0.130. The Morgan fingerprint density at radius 1 is 1.16 bits per heavy atom. The summed E-state index contributed by atoms with van der Waals surface area (Å²) in [5.41, 5.74) is 0.163. The van der Waals surface area contributed by atoms with Crippen molar-refractivity contribution in [2.45, 2.75) is 20.8 Å². The molecule has 0 aromatic heterocycles. The highest BCUT2D eigenvalue weighted by molar-refractivity contribution is 5.95. The molecule has 1 rings (SSSR count). The largest absolute Gasteiger partial charge is 0.497 e. The van der Waals surface area contributed by atoms with E-state index in [1.165, 1.54) is 0 Å². The van der Waals surface area contributed by atoms with E-state index in [0.717, 1.165) is 5.75 Å². The van der Waals surface area contributed by atoms with Gasteiger partial charge in [0.25, 0.3) is 0 Å². The van der Waals surface area contributed by atoms with E-state index in [-0.39, 0.29) is 18.4 Å². The van der Waals surface area contributed by atoms with E-state index in [1.807, 2.05) is 0 Å². The molecular weight excluding hydrogens is 244 g/mol. The average molecular weight is 264 g/mol. The van der Waals surface area contributed by atoms with Crippen LogP contribution in [0.3, 0.4) is 0 Å². The fourth-order valence-electron chi connectivity index (χ4n) is 1.31. The smallest absolute Gasteiger partial charge is 0.243 e. The number of methoxy groups -OCH3 is 1. The molecular formula is C14H20N2O3. The Labute approximate surface area is 113 Å². The standard InChI is InChI=1S/C14H20N2O3/c1-14(2,3)13(18)15-9-12(17)16-10-5-7-11(19-4)8-6-10/h5-8H,9H2,1-4H3,(H,15,18)(H,16,17). The van der Waals surface area contributed by atoms with Crippen LogP contribution in [0.1, 0.15) is 20.8 Å². The summed E-state index contributed by atoms with van der Waals surface area (Å²) in [5.74, 6) is 0.305. The monoisotopic (exact) mass is 264 g/mol. The van der Waals surface area contributed by atoms with E-state index < -0.39 is 5.41 Å². The molecule has 1 aromatic carbocycles. The van der Waals surface area contributed by atoms with Crippen LogP contribution in [0.5, 0.6) is 5.75 Å². The fraction of sp³-hybridized carbons (Fsp3) is 0.429. The highest BCUT2D eigenvalue weighted by atomic mass is 16.5. The summed E-state index contributed by atoms with van der Waals surface area (Å²) in [5, 5.41) is 5.28. The van der Waals surface area contributed by atoms with E-state index in [0.29, 0.717) is 5.69 Å². The Balaban J connectivity index is 2.45. The van der Waals surface area contributed by atoms with Crippen molar-refractivity contribution in [3.05, 3.63) is 24.3 Å². The topological polar surface area (TPSA) is 67.4 Å². The molecule has 5 nitrogen and oxygen atoms in total. The Morgan fingerprint density at radius 2 is 1.74 bits per heavy atom. The average Bonchev–Trinajstić information content (AvgIpc) is 2.35. The lowest BCUT2D eigenvalue weighted by Crippen LogP contribution is -2.39. The number of hydrogen-bond donors (Lipinski definition) is 2. The molecule has 0 fully saturated rings. The van der Waals surface area contributed by atoms with Crippen LogP contribution in [0.25, 0.3) is 0 Å². The molecule has 0 aliphatic carbocycles. The molecule has 0 saturated heterocycles. The van der Waals surface area contributed by atoms with Gasteiger partial charge in [-0.05, 0) is 24.3 Å². The SMILES string of the molecule is COc1ccc(NC(=O)CNC(=O)C(C)(C)C)cc1. The van der Waals surface area contributed by atoms with Gasteiger partial charge in [0.05, 0.1) is 13.7 Å². The maximum Gasteiger partial charge on any atom is 0.243 e.